The van der Waals surface area contributed by atoms with Crippen molar-refractivity contribution in [2.45, 2.75) is 6.54 Å². The van der Waals surface area contributed by atoms with E-state index in [-0.39, 0.29) is 0 Å². The third-order valence-electron chi connectivity index (χ3n) is 2.86. The monoisotopic (exact) mass is 242 g/mol. The van der Waals surface area contributed by atoms with Crippen LogP contribution in [-0.2, 0) is 6.54 Å². The van der Waals surface area contributed by atoms with Crippen molar-refractivity contribution in [1.29, 1.82) is 0 Å². The molecule has 2 N–H and O–H groups in total. The van der Waals surface area contributed by atoms with Gasteiger partial charge in [0.15, 0.2) is 0 Å². The molecule has 18 heavy (non-hydrogen) atoms. The van der Waals surface area contributed by atoms with E-state index in [1.165, 1.54) is 5.69 Å². The van der Waals surface area contributed by atoms with Crippen molar-refractivity contribution < 1.29 is 5.11 Å². The van der Waals surface area contributed by atoms with Gasteiger partial charge in [-0.15, -0.1) is 0 Å². The minimum atomic E-state index is 0.329. The summed E-state index contributed by atoms with van der Waals surface area (Å²) in [5.74, 6) is 0.329. The summed E-state index contributed by atoms with van der Waals surface area (Å²) in [6.45, 7) is 0.619. The normalized spacial score (nSPS) is 10.1. The third kappa shape index (κ3) is 2.94. The van der Waals surface area contributed by atoms with Gasteiger partial charge in [-0.05, 0) is 30.3 Å². The van der Waals surface area contributed by atoms with Crippen LogP contribution in [0.4, 0.5) is 11.4 Å². The van der Waals surface area contributed by atoms with E-state index in [1.807, 2.05) is 44.4 Å². The highest BCUT2D eigenvalue weighted by Crippen LogP contribution is 2.19. The van der Waals surface area contributed by atoms with E-state index >= 15 is 0 Å². The number of phenolic OH excluding ortho intramolecular Hbond substituents is 1. The second-order valence-corrected chi connectivity index (χ2v) is 4.42. The molecule has 0 amide bonds. The number of hydrogen-bond donors (Lipinski definition) is 2. The number of rotatable bonds is 4. The van der Waals surface area contributed by atoms with Crippen LogP contribution in [0.5, 0.6) is 5.75 Å². The molecule has 0 heterocycles. The van der Waals surface area contributed by atoms with Crippen LogP contribution in [0.1, 0.15) is 5.56 Å². The zero-order chi connectivity index (χ0) is 13.0. The van der Waals surface area contributed by atoms with Crippen LogP contribution >= 0.6 is 0 Å². The molecule has 0 aliphatic heterocycles. The number of para-hydroxylation sites is 1. The van der Waals surface area contributed by atoms with E-state index in [0.717, 1.165) is 11.3 Å². The molecule has 0 unspecified atom stereocenters. The quantitative estimate of drug-likeness (QED) is 0.865. The highest BCUT2D eigenvalue weighted by atomic mass is 16.3. The van der Waals surface area contributed by atoms with Gasteiger partial charge in [-0.2, -0.15) is 0 Å². The number of nitrogens with one attached hydrogen (secondary N) is 1. The highest BCUT2D eigenvalue weighted by Gasteiger charge is 2.00. The van der Waals surface area contributed by atoms with Gasteiger partial charge >= 0.3 is 0 Å². The Morgan fingerprint density at radius 3 is 2.28 bits per heavy atom. The maximum Gasteiger partial charge on any atom is 0.120 e. The first-order chi connectivity index (χ1) is 8.66. The summed E-state index contributed by atoms with van der Waals surface area (Å²) in [6.07, 6.45) is 0. The summed E-state index contributed by atoms with van der Waals surface area (Å²) in [5.41, 5.74) is 3.11. The molecule has 0 saturated heterocycles. The molecule has 2 aromatic carbocycles. The number of hydrogen-bond acceptors (Lipinski definition) is 3. The van der Waals surface area contributed by atoms with Crippen molar-refractivity contribution in [3.05, 3.63) is 54.1 Å². The summed E-state index contributed by atoms with van der Waals surface area (Å²) >= 11 is 0. The highest BCUT2D eigenvalue weighted by molar-refractivity contribution is 5.54. The lowest BCUT2D eigenvalue weighted by Gasteiger charge is -2.13. The van der Waals surface area contributed by atoms with Crippen LogP contribution in [0.25, 0.3) is 0 Å². The minimum Gasteiger partial charge on any atom is -0.508 e. The Morgan fingerprint density at radius 1 is 1.00 bits per heavy atom. The van der Waals surface area contributed by atoms with Gasteiger partial charge in [0.1, 0.15) is 5.75 Å². The van der Waals surface area contributed by atoms with Gasteiger partial charge in [-0.1, -0.05) is 18.2 Å². The molecule has 0 aliphatic rings. The maximum absolute atomic E-state index is 9.66. The van der Waals surface area contributed by atoms with Crippen molar-refractivity contribution in [3.8, 4) is 5.75 Å². The first-order valence-electron chi connectivity index (χ1n) is 5.95. The molecule has 0 radical (unpaired) electrons. The van der Waals surface area contributed by atoms with Crippen LogP contribution in [-0.4, -0.2) is 19.2 Å². The average molecular weight is 242 g/mol. The molecular formula is C15H18N2O. The largest absolute Gasteiger partial charge is 0.508 e. The Labute approximate surface area is 108 Å². The van der Waals surface area contributed by atoms with Crippen LogP contribution in [0.2, 0.25) is 0 Å². The zero-order valence-corrected chi connectivity index (χ0v) is 10.7. The Balaban J connectivity index is 2.00. The lowest BCUT2D eigenvalue weighted by atomic mass is 10.2. The first kappa shape index (κ1) is 12.3. The predicted molar refractivity (Wildman–Crippen MR) is 76.2 cm³/mol. The topological polar surface area (TPSA) is 35.5 Å². The molecule has 2 aromatic rings. The minimum absolute atomic E-state index is 0.329. The Morgan fingerprint density at radius 2 is 1.67 bits per heavy atom. The van der Waals surface area contributed by atoms with E-state index in [1.54, 1.807) is 6.07 Å². The third-order valence-corrected chi connectivity index (χ3v) is 2.86. The van der Waals surface area contributed by atoms with E-state index in [2.05, 4.69) is 22.3 Å². The van der Waals surface area contributed by atoms with Gasteiger partial charge in [0.2, 0.25) is 0 Å². The second kappa shape index (κ2) is 5.45. The van der Waals surface area contributed by atoms with Crippen LogP contribution in [0.15, 0.2) is 48.5 Å². The molecule has 0 aliphatic carbocycles. The fourth-order valence-electron chi connectivity index (χ4n) is 1.74. The van der Waals surface area contributed by atoms with E-state index in [9.17, 15) is 5.11 Å². The number of anilines is 2. The van der Waals surface area contributed by atoms with Crippen molar-refractivity contribution in [1.82, 2.24) is 0 Å². The number of phenols is 1. The molecule has 3 nitrogen and oxygen atoms in total. The van der Waals surface area contributed by atoms with Gasteiger partial charge in [-0.25, -0.2) is 0 Å². The van der Waals surface area contributed by atoms with Crippen molar-refractivity contribution >= 4 is 11.4 Å². The zero-order valence-electron chi connectivity index (χ0n) is 10.7. The van der Waals surface area contributed by atoms with Gasteiger partial charge < -0.3 is 15.3 Å². The standard InChI is InChI=1S/C15H18N2O/c1-17(2)14-9-7-13(8-10-14)16-11-12-5-3-4-6-15(12)18/h3-10,16,18H,11H2,1-2H3. The van der Waals surface area contributed by atoms with Gasteiger partial charge in [-0.3, -0.25) is 0 Å². The molecule has 0 fully saturated rings. The van der Waals surface area contributed by atoms with Gasteiger partial charge in [0, 0.05) is 37.6 Å². The maximum atomic E-state index is 9.66. The summed E-state index contributed by atoms with van der Waals surface area (Å²) < 4.78 is 0. The van der Waals surface area contributed by atoms with Crippen LogP contribution < -0.4 is 10.2 Å². The number of nitrogens with zero attached hydrogens (tertiary/aromatic N) is 1. The van der Waals surface area contributed by atoms with E-state index in [0.29, 0.717) is 12.3 Å². The number of benzene rings is 2. The fraction of sp³-hybridized carbons (Fsp3) is 0.200. The molecule has 3 heteroatoms. The van der Waals surface area contributed by atoms with E-state index in [4.69, 9.17) is 0 Å². The predicted octanol–water partition coefficient (Wildman–Crippen LogP) is 3.07. The molecule has 2 rings (SSSR count). The van der Waals surface area contributed by atoms with Gasteiger partial charge in [0.25, 0.3) is 0 Å². The Hall–Kier alpha value is -2.16. The number of aromatic hydroxyl groups is 1. The molecule has 0 atom stereocenters. The summed E-state index contributed by atoms with van der Waals surface area (Å²) in [5, 5.41) is 12.9. The summed E-state index contributed by atoms with van der Waals surface area (Å²) in [7, 11) is 4.04. The Bertz CT molecular complexity index is 506. The van der Waals surface area contributed by atoms with Crippen molar-refractivity contribution in [3.63, 3.8) is 0 Å². The summed E-state index contributed by atoms with van der Waals surface area (Å²) in [6, 6.07) is 15.6. The molecule has 0 saturated carbocycles. The van der Waals surface area contributed by atoms with Crippen LogP contribution in [0, 0.1) is 0 Å². The molecule has 94 valence electrons. The molecule has 0 bridgehead atoms. The average Bonchev–Trinajstić information content (AvgIpc) is 2.38. The fourth-order valence-corrected chi connectivity index (χ4v) is 1.74. The summed E-state index contributed by atoms with van der Waals surface area (Å²) in [4.78, 5) is 2.06. The van der Waals surface area contributed by atoms with Crippen molar-refractivity contribution in [2.75, 3.05) is 24.3 Å². The molecule has 0 spiro atoms. The van der Waals surface area contributed by atoms with Gasteiger partial charge in [0.05, 0.1) is 0 Å². The van der Waals surface area contributed by atoms with Crippen molar-refractivity contribution in [2.24, 2.45) is 0 Å². The molecule has 0 aromatic heterocycles. The first-order valence-corrected chi connectivity index (χ1v) is 5.95. The lowest BCUT2D eigenvalue weighted by molar-refractivity contribution is 0.469. The SMILES string of the molecule is CN(C)c1ccc(NCc2ccccc2O)cc1. The lowest BCUT2D eigenvalue weighted by Crippen LogP contribution is -2.08. The smallest absolute Gasteiger partial charge is 0.120 e. The molecular weight excluding hydrogens is 224 g/mol. The van der Waals surface area contributed by atoms with Crippen LogP contribution in [0.3, 0.4) is 0 Å². The van der Waals surface area contributed by atoms with E-state index < -0.39 is 0 Å². The Kier molecular flexibility index (Phi) is 3.72. The second-order valence-electron chi connectivity index (χ2n) is 4.42.